The van der Waals surface area contributed by atoms with E-state index in [2.05, 4.69) is 15.7 Å². The Labute approximate surface area is 188 Å². The van der Waals surface area contributed by atoms with E-state index in [1.54, 1.807) is 24.3 Å². The highest BCUT2D eigenvalue weighted by Gasteiger charge is 2.13. The molecule has 9 heteroatoms. The van der Waals surface area contributed by atoms with Gasteiger partial charge >= 0.3 is 5.69 Å². The molecule has 4 rings (SSSR count). The Morgan fingerprint density at radius 2 is 1.66 bits per heavy atom. The van der Waals surface area contributed by atoms with Gasteiger partial charge in [0.05, 0.1) is 5.56 Å². The van der Waals surface area contributed by atoms with Crippen molar-refractivity contribution in [1.82, 2.24) is 24.8 Å². The van der Waals surface area contributed by atoms with Gasteiger partial charge in [0.2, 0.25) is 5.91 Å². The number of carbonyl (C=O) groups is 2. The number of hydrogen-bond acceptors (Lipinski definition) is 4. The van der Waals surface area contributed by atoms with Crippen molar-refractivity contribution in [3.8, 4) is 0 Å². The van der Waals surface area contributed by atoms with Crippen molar-refractivity contribution in [3.63, 3.8) is 0 Å². The Morgan fingerprint density at radius 1 is 0.906 bits per heavy atom. The number of halogens is 1. The van der Waals surface area contributed by atoms with Gasteiger partial charge in [0.25, 0.3) is 5.91 Å². The molecule has 0 radical (unpaired) electrons. The van der Waals surface area contributed by atoms with Crippen LogP contribution in [0.25, 0.3) is 5.65 Å². The van der Waals surface area contributed by atoms with Crippen LogP contribution >= 0.6 is 11.6 Å². The molecule has 0 bridgehead atoms. The third kappa shape index (κ3) is 4.87. The van der Waals surface area contributed by atoms with Crippen LogP contribution in [0.2, 0.25) is 5.02 Å². The second-order valence-electron chi connectivity index (χ2n) is 7.12. The third-order valence-corrected chi connectivity index (χ3v) is 5.23. The molecular weight excluding hydrogens is 430 g/mol. The first-order chi connectivity index (χ1) is 15.5. The Bertz CT molecular complexity index is 1330. The molecule has 0 saturated heterocycles. The molecule has 0 unspecified atom stereocenters. The first-order valence-electron chi connectivity index (χ1n) is 9.93. The summed E-state index contributed by atoms with van der Waals surface area (Å²) in [6, 6.07) is 19.9. The smallest absolute Gasteiger partial charge is 0.350 e. The van der Waals surface area contributed by atoms with Gasteiger partial charge in [0.15, 0.2) is 5.65 Å². The molecule has 2 amide bonds. The second kappa shape index (κ2) is 9.49. The van der Waals surface area contributed by atoms with Crippen molar-refractivity contribution in [3.05, 3.63) is 105 Å². The zero-order valence-corrected chi connectivity index (χ0v) is 17.7. The zero-order chi connectivity index (χ0) is 22.5. The maximum absolute atomic E-state index is 12.7. The fourth-order valence-electron chi connectivity index (χ4n) is 3.16. The Balaban J connectivity index is 1.43. The number of nitrogens with one attached hydrogen (secondary N) is 2. The van der Waals surface area contributed by atoms with Gasteiger partial charge in [0.1, 0.15) is 6.54 Å². The number of pyridine rings is 1. The Hall–Kier alpha value is -3.91. The molecule has 0 aliphatic carbocycles. The predicted octanol–water partition coefficient (Wildman–Crippen LogP) is 2.40. The number of fused-ring (bicyclic) bond motifs is 1. The maximum atomic E-state index is 12.7. The summed E-state index contributed by atoms with van der Waals surface area (Å²) in [7, 11) is 0. The van der Waals surface area contributed by atoms with Gasteiger partial charge in [0, 0.05) is 24.3 Å². The predicted molar refractivity (Wildman–Crippen MR) is 120 cm³/mol. The summed E-state index contributed by atoms with van der Waals surface area (Å²) in [6.07, 6.45) is 1.42. The van der Waals surface area contributed by atoms with Gasteiger partial charge in [-0.25, -0.2) is 13.9 Å². The van der Waals surface area contributed by atoms with E-state index in [9.17, 15) is 14.4 Å². The van der Waals surface area contributed by atoms with E-state index >= 15 is 0 Å². The molecule has 162 valence electrons. The van der Waals surface area contributed by atoms with E-state index < -0.39 is 5.69 Å². The highest BCUT2D eigenvalue weighted by molar-refractivity contribution is 6.31. The van der Waals surface area contributed by atoms with Gasteiger partial charge in [-0.2, -0.15) is 0 Å². The van der Waals surface area contributed by atoms with Crippen LogP contribution in [-0.4, -0.2) is 26.0 Å². The standard InChI is InChI=1S/C23H20ClN5O3/c24-19-9-5-4-8-17(19)13-25-21(30)15-29-23(32)28-14-18(10-11-20(28)27-29)22(31)26-12-16-6-2-1-3-7-16/h1-11,14H,12-13,15H2,(H,25,30)(H,26,31). The van der Waals surface area contributed by atoms with Crippen molar-refractivity contribution >= 4 is 29.1 Å². The quantitative estimate of drug-likeness (QED) is 0.452. The van der Waals surface area contributed by atoms with Gasteiger partial charge in [-0.1, -0.05) is 60.1 Å². The molecule has 0 atom stereocenters. The van der Waals surface area contributed by atoms with Crippen LogP contribution < -0.4 is 16.3 Å². The molecular formula is C23H20ClN5O3. The number of carbonyl (C=O) groups excluding carboxylic acids is 2. The highest BCUT2D eigenvalue weighted by atomic mass is 35.5. The molecule has 0 aliphatic rings. The van der Waals surface area contributed by atoms with Crippen molar-refractivity contribution in [2.24, 2.45) is 0 Å². The number of hydrogen-bond donors (Lipinski definition) is 2. The number of benzene rings is 2. The van der Waals surface area contributed by atoms with Gasteiger partial charge in [-0.15, -0.1) is 5.10 Å². The molecule has 0 aliphatic heterocycles. The molecule has 0 spiro atoms. The van der Waals surface area contributed by atoms with E-state index in [0.29, 0.717) is 22.8 Å². The summed E-state index contributed by atoms with van der Waals surface area (Å²) in [6.45, 7) is 0.365. The van der Waals surface area contributed by atoms with Crippen LogP contribution in [-0.2, 0) is 24.4 Å². The summed E-state index contributed by atoms with van der Waals surface area (Å²) >= 11 is 6.09. The minimum absolute atomic E-state index is 0.242. The second-order valence-corrected chi connectivity index (χ2v) is 7.53. The van der Waals surface area contributed by atoms with Crippen molar-refractivity contribution in [1.29, 1.82) is 0 Å². The van der Waals surface area contributed by atoms with E-state index in [1.807, 2.05) is 42.5 Å². The van der Waals surface area contributed by atoms with E-state index in [-0.39, 0.29) is 24.9 Å². The van der Waals surface area contributed by atoms with Crippen LogP contribution in [0, 0.1) is 0 Å². The Kier molecular flexibility index (Phi) is 6.32. The molecule has 2 heterocycles. The lowest BCUT2D eigenvalue weighted by Gasteiger charge is -2.06. The third-order valence-electron chi connectivity index (χ3n) is 4.86. The van der Waals surface area contributed by atoms with Crippen LogP contribution in [0.3, 0.4) is 0 Å². The number of amides is 2. The van der Waals surface area contributed by atoms with Crippen molar-refractivity contribution in [2.75, 3.05) is 0 Å². The zero-order valence-electron chi connectivity index (χ0n) is 17.0. The number of nitrogens with zero attached hydrogens (tertiary/aromatic N) is 3. The largest absolute Gasteiger partial charge is 0.350 e. The monoisotopic (exact) mass is 449 g/mol. The molecule has 0 fully saturated rings. The SMILES string of the molecule is O=C(Cn1nc2ccc(C(=O)NCc3ccccc3)cn2c1=O)NCc1ccccc1Cl. The molecule has 2 aromatic carbocycles. The number of rotatable bonds is 7. The summed E-state index contributed by atoms with van der Waals surface area (Å²) in [4.78, 5) is 37.4. The van der Waals surface area contributed by atoms with Crippen LogP contribution in [0.5, 0.6) is 0 Å². The summed E-state index contributed by atoms with van der Waals surface area (Å²) in [5.74, 6) is -0.691. The minimum atomic E-state index is -0.509. The topological polar surface area (TPSA) is 97.5 Å². The van der Waals surface area contributed by atoms with E-state index in [0.717, 1.165) is 15.8 Å². The van der Waals surface area contributed by atoms with Crippen LogP contribution in [0.15, 0.2) is 77.7 Å². The molecule has 2 aromatic heterocycles. The van der Waals surface area contributed by atoms with Crippen molar-refractivity contribution < 1.29 is 9.59 Å². The fourth-order valence-corrected chi connectivity index (χ4v) is 3.37. The summed E-state index contributed by atoms with van der Waals surface area (Å²) < 4.78 is 2.31. The highest BCUT2D eigenvalue weighted by Crippen LogP contribution is 2.14. The molecule has 8 nitrogen and oxygen atoms in total. The summed E-state index contributed by atoms with van der Waals surface area (Å²) in [5, 5.41) is 10.3. The lowest BCUT2D eigenvalue weighted by molar-refractivity contribution is -0.122. The number of aromatic nitrogens is 3. The molecule has 4 aromatic rings. The van der Waals surface area contributed by atoms with Crippen LogP contribution in [0.1, 0.15) is 21.5 Å². The van der Waals surface area contributed by atoms with Crippen molar-refractivity contribution in [2.45, 2.75) is 19.6 Å². The van der Waals surface area contributed by atoms with Gasteiger partial charge in [-0.05, 0) is 29.3 Å². The van der Waals surface area contributed by atoms with Crippen LogP contribution in [0.4, 0.5) is 0 Å². The van der Waals surface area contributed by atoms with E-state index in [1.165, 1.54) is 10.6 Å². The average Bonchev–Trinajstić information content (AvgIpc) is 3.12. The first-order valence-corrected chi connectivity index (χ1v) is 10.3. The molecule has 32 heavy (non-hydrogen) atoms. The average molecular weight is 450 g/mol. The van der Waals surface area contributed by atoms with Gasteiger partial charge < -0.3 is 10.6 Å². The summed E-state index contributed by atoms with van der Waals surface area (Å²) in [5.41, 5.74) is 1.89. The maximum Gasteiger partial charge on any atom is 0.350 e. The van der Waals surface area contributed by atoms with Gasteiger partial charge in [-0.3, -0.25) is 9.59 Å². The fraction of sp³-hybridized carbons (Fsp3) is 0.130. The molecule has 2 N–H and O–H groups in total. The Morgan fingerprint density at radius 3 is 2.44 bits per heavy atom. The first kappa shape index (κ1) is 21.3. The molecule has 0 saturated carbocycles. The normalized spacial score (nSPS) is 10.8. The lowest BCUT2D eigenvalue weighted by Crippen LogP contribution is -2.32. The lowest BCUT2D eigenvalue weighted by atomic mass is 10.2. The van der Waals surface area contributed by atoms with E-state index in [4.69, 9.17) is 11.6 Å². The minimum Gasteiger partial charge on any atom is -0.350 e.